The Morgan fingerprint density at radius 3 is 1.31 bits per heavy atom. The van der Waals surface area contributed by atoms with Gasteiger partial charge in [-0.2, -0.15) is 0 Å². The molecule has 3 nitrogen and oxygen atoms in total. The van der Waals surface area contributed by atoms with Crippen molar-refractivity contribution in [2.24, 2.45) is 0 Å². The molecule has 0 amide bonds. The summed E-state index contributed by atoms with van der Waals surface area (Å²) < 4.78 is 18.6. The van der Waals surface area contributed by atoms with Crippen LogP contribution in [0.1, 0.15) is 26.3 Å². The first-order valence-electron chi connectivity index (χ1n) is 13.1. The molecule has 4 rings (SSSR count). The lowest BCUT2D eigenvalue weighted by Gasteiger charge is -2.37. The van der Waals surface area contributed by atoms with Gasteiger partial charge >= 0.3 is 0 Å². The molecular weight excluding hydrogens is 583 g/mol. The Balaban J connectivity index is 0.00000420. The van der Waals surface area contributed by atoms with E-state index in [1.54, 1.807) is 14.2 Å². The van der Waals surface area contributed by atoms with Crippen molar-refractivity contribution >= 4 is 31.5 Å². The Morgan fingerprint density at radius 1 is 0.641 bits per heavy atom. The van der Waals surface area contributed by atoms with Crippen LogP contribution in [0.3, 0.4) is 0 Å². The van der Waals surface area contributed by atoms with Gasteiger partial charge in [0.2, 0.25) is 0 Å². The SMILES string of the molecule is COc1cc(C[P+](c2ccccc2)(c2ccccc2)c2ccccc2)cc(OC)c1O[Si](C)(C)C(C)(C)C.[Br-]. The fraction of sp³-hybridized carbons (Fsp3) is 0.273. The monoisotopic (exact) mass is 622 g/mol. The summed E-state index contributed by atoms with van der Waals surface area (Å²) in [5.74, 6) is 2.14. The predicted octanol–water partition coefficient (Wildman–Crippen LogP) is 4.59. The minimum absolute atomic E-state index is 0. The zero-order chi connectivity index (χ0) is 27.4. The Morgan fingerprint density at radius 2 is 1.00 bits per heavy atom. The van der Waals surface area contributed by atoms with Gasteiger partial charge in [-0.3, -0.25) is 0 Å². The molecule has 39 heavy (non-hydrogen) atoms. The van der Waals surface area contributed by atoms with Crippen LogP contribution in [0.2, 0.25) is 18.1 Å². The smallest absolute Gasteiger partial charge is 0.250 e. The second kappa shape index (κ2) is 12.7. The van der Waals surface area contributed by atoms with E-state index in [2.05, 4.69) is 137 Å². The third-order valence-corrected chi connectivity index (χ3v) is 16.4. The average molecular weight is 624 g/mol. The van der Waals surface area contributed by atoms with Crippen molar-refractivity contribution < 1.29 is 30.9 Å². The summed E-state index contributed by atoms with van der Waals surface area (Å²) in [6.07, 6.45) is 0.831. The van der Waals surface area contributed by atoms with Crippen LogP contribution in [0.5, 0.6) is 17.2 Å². The third-order valence-electron chi connectivity index (χ3n) is 7.69. The highest BCUT2D eigenvalue weighted by Crippen LogP contribution is 2.59. The highest BCUT2D eigenvalue weighted by molar-refractivity contribution is 7.95. The van der Waals surface area contributed by atoms with Gasteiger partial charge in [0.15, 0.2) is 17.2 Å². The average Bonchev–Trinajstić information content (AvgIpc) is 2.93. The topological polar surface area (TPSA) is 27.7 Å². The number of hydrogen-bond acceptors (Lipinski definition) is 3. The summed E-state index contributed by atoms with van der Waals surface area (Å²) in [5.41, 5.74) is 1.16. The van der Waals surface area contributed by atoms with Crippen molar-refractivity contribution in [1.29, 1.82) is 0 Å². The zero-order valence-electron chi connectivity index (χ0n) is 24.1. The van der Waals surface area contributed by atoms with Crippen LogP contribution in [-0.4, -0.2) is 22.5 Å². The molecule has 0 radical (unpaired) electrons. The number of methoxy groups -OCH3 is 2. The molecule has 0 heterocycles. The molecule has 0 bridgehead atoms. The first kappa shape index (κ1) is 30.9. The zero-order valence-corrected chi connectivity index (χ0v) is 27.6. The number of ether oxygens (including phenoxy) is 2. The van der Waals surface area contributed by atoms with E-state index in [1.807, 2.05) is 0 Å². The lowest BCUT2D eigenvalue weighted by atomic mass is 10.2. The van der Waals surface area contributed by atoms with Gasteiger partial charge in [0.05, 0.1) is 20.4 Å². The fourth-order valence-electron chi connectivity index (χ4n) is 4.58. The molecule has 4 aromatic carbocycles. The van der Waals surface area contributed by atoms with E-state index in [0.29, 0.717) is 5.75 Å². The maximum absolute atomic E-state index is 6.75. The van der Waals surface area contributed by atoms with Gasteiger partial charge in [-0.15, -0.1) is 0 Å². The van der Waals surface area contributed by atoms with Crippen molar-refractivity contribution in [3.63, 3.8) is 0 Å². The summed E-state index contributed by atoms with van der Waals surface area (Å²) in [5, 5.41) is 4.09. The standard InChI is InChI=1S/C33H40O3PSi.BrH/c1-33(2,3)38(6,7)36-32-30(34-4)23-26(24-31(32)35-5)25-37(27-17-11-8-12-18-27,28-19-13-9-14-20-28)29-21-15-10-16-22-29;/h8-24H,25H2,1-7H3;1H/q+1;/p-1. The van der Waals surface area contributed by atoms with E-state index < -0.39 is 15.6 Å². The Labute approximate surface area is 246 Å². The molecule has 0 aliphatic carbocycles. The van der Waals surface area contributed by atoms with E-state index in [-0.39, 0.29) is 22.0 Å². The van der Waals surface area contributed by atoms with E-state index in [0.717, 1.165) is 23.2 Å². The van der Waals surface area contributed by atoms with E-state index >= 15 is 0 Å². The van der Waals surface area contributed by atoms with Gasteiger partial charge in [0.25, 0.3) is 8.32 Å². The molecule has 0 unspecified atom stereocenters. The first-order chi connectivity index (χ1) is 18.1. The summed E-state index contributed by atoms with van der Waals surface area (Å²) in [6, 6.07) is 37.1. The van der Waals surface area contributed by atoms with Crippen LogP contribution < -0.4 is 46.8 Å². The van der Waals surface area contributed by atoms with Crippen LogP contribution >= 0.6 is 7.26 Å². The molecule has 206 valence electrons. The molecule has 4 aromatic rings. The van der Waals surface area contributed by atoms with Crippen LogP contribution in [0.4, 0.5) is 0 Å². The molecule has 6 heteroatoms. The molecule has 0 spiro atoms. The predicted molar refractivity (Wildman–Crippen MR) is 166 cm³/mol. The molecule has 0 atom stereocenters. The fourth-order valence-corrected chi connectivity index (χ4v) is 9.81. The molecule has 0 saturated heterocycles. The lowest BCUT2D eigenvalue weighted by molar-refractivity contribution is -0.00000906. The van der Waals surface area contributed by atoms with E-state index in [9.17, 15) is 0 Å². The van der Waals surface area contributed by atoms with Crippen LogP contribution in [0.15, 0.2) is 103 Å². The van der Waals surface area contributed by atoms with E-state index in [1.165, 1.54) is 15.9 Å². The van der Waals surface area contributed by atoms with Gasteiger partial charge in [-0.25, -0.2) is 0 Å². The molecule has 0 aliphatic rings. The van der Waals surface area contributed by atoms with Crippen molar-refractivity contribution in [1.82, 2.24) is 0 Å². The first-order valence-corrected chi connectivity index (χ1v) is 18.0. The summed E-state index contributed by atoms with van der Waals surface area (Å²) >= 11 is 0. The maximum Gasteiger partial charge on any atom is 0.250 e. The lowest BCUT2D eigenvalue weighted by Crippen LogP contribution is -3.00. The molecule has 0 aliphatic heterocycles. The largest absolute Gasteiger partial charge is 1.00 e. The molecule has 0 saturated carbocycles. The highest BCUT2D eigenvalue weighted by Gasteiger charge is 2.46. The molecule has 0 aromatic heterocycles. The third kappa shape index (κ3) is 6.43. The second-order valence-corrected chi connectivity index (χ2v) is 19.4. The Bertz CT molecular complexity index is 1220. The van der Waals surface area contributed by atoms with Crippen LogP contribution in [0.25, 0.3) is 0 Å². The minimum Gasteiger partial charge on any atom is -1.00 e. The number of rotatable bonds is 9. The minimum atomic E-state index is -2.12. The summed E-state index contributed by atoms with van der Waals surface area (Å²) in [6.45, 7) is 11.2. The van der Waals surface area contributed by atoms with Gasteiger partial charge in [0.1, 0.15) is 23.2 Å². The Hall–Kier alpha value is -2.59. The number of halogens is 1. The maximum atomic E-state index is 6.75. The van der Waals surface area contributed by atoms with Crippen LogP contribution in [-0.2, 0) is 6.16 Å². The molecule has 0 N–H and O–H groups in total. The molecule has 0 fully saturated rings. The van der Waals surface area contributed by atoms with Crippen LogP contribution in [0, 0.1) is 0 Å². The highest BCUT2D eigenvalue weighted by atomic mass is 79.9. The summed E-state index contributed by atoms with van der Waals surface area (Å²) in [7, 11) is -0.751. The van der Waals surface area contributed by atoms with Gasteiger partial charge in [0, 0.05) is 0 Å². The van der Waals surface area contributed by atoms with Crippen molar-refractivity contribution in [2.75, 3.05) is 14.2 Å². The van der Waals surface area contributed by atoms with Gasteiger partial charge in [-0.05, 0) is 72.2 Å². The quantitative estimate of drug-likeness (QED) is 0.202. The number of hydrogen-bond donors (Lipinski definition) is 0. The summed E-state index contributed by atoms with van der Waals surface area (Å²) in [4.78, 5) is 0. The second-order valence-electron chi connectivity index (χ2n) is 11.2. The number of benzene rings is 4. The normalized spacial score (nSPS) is 11.9. The van der Waals surface area contributed by atoms with Crippen molar-refractivity contribution in [3.8, 4) is 17.2 Å². The van der Waals surface area contributed by atoms with Gasteiger partial charge < -0.3 is 30.9 Å². The Kier molecular flexibility index (Phi) is 10.1. The van der Waals surface area contributed by atoms with Crippen molar-refractivity contribution in [2.45, 2.75) is 45.1 Å². The molecular formula is C33H40BrO3PSi. The van der Waals surface area contributed by atoms with E-state index in [4.69, 9.17) is 13.9 Å². The van der Waals surface area contributed by atoms with Crippen molar-refractivity contribution in [3.05, 3.63) is 109 Å². The van der Waals surface area contributed by atoms with Gasteiger partial charge in [-0.1, -0.05) is 75.4 Å².